The number of nitrogens with zero attached hydrogens (tertiary/aromatic N) is 5. The molecule has 0 aliphatic carbocycles. The van der Waals surface area contributed by atoms with E-state index in [1.165, 1.54) is 25.5 Å². The summed E-state index contributed by atoms with van der Waals surface area (Å²) in [5, 5.41) is 3.96. The molecule has 0 fully saturated rings. The summed E-state index contributed by atoms with van der Waals surface area (Å²) in [5.41, 5.74) is 1.81. The molecule has 96 valence electrons. The number of hydrogen-bond acceptors (Lipinski definition) is 5. The molecule has 0 aromatic carbocycles. The van der Waals surface area contributed by atoms with Crippen molar-refractivity contribution < 1.29 is 4.79 Å². The Hall–Kier alpha value is -2.57. The summed E-state index contributed by atoms with van der Waals surface area (Å²) < 4.78 is 1.15. The zero-order chi connectivity index (χ0) is 13.4. The summed E-state index contributed by atoms with van der Waals surface area (Å²) in [6.07, 6.45) is 3.18. The minimum absolute atomic E-state index is 0.214. The Labute approximate surface area is 108 Å². The minimum atomic E-state index is -0.243. The van der Waals surface area contributed by atoms with Crippen molar-refractivity contribution in [1.29, 1.82) is 0 Å². The second-order valence-electron chi connectivity index (χ2n) is 4.34. The van der Waals surface area contributed by atoms with E-state index < -0.39 is 0 Å². The van der Waals surface area contributed by atoms with Crippen molar-refractivity contribution in [1.82, 2.24) is 24.6 Å². The van der Waals surface area contributed by atoms with Gasteiger partial charge in [0.05, 0.1) is 12.2 Å². The molecule has 0 unspecified atom stereocenters. The van der Waals surface area contributed by atoms with Gasteiger partial charge in [-0.3, -0.25) is 9.59 Å². The molecule has 3 heterocycles. The molecule has 0 N–H and O–H groups in total. The first-order valence-electron chi connectivity index (χ1n) is 5.76. The standard InChI is InChI=1S/C12H11N5O2/c1-16-11(18)3-2-9(15-16)12(19)17-5-8-4-13-7-14-10(8)6-17/h2-4,7H,5-6H2,1H3. The van der Waals surface area contributed by atoms with Gasteiger partial charge in [-0.2, -0.15) is 5.10 Å². The van der Waals surface area contributed by atoms with E-state index in [9.17, 15) is 9.59 Å². The highest BCUT2D eigenvalue weighted by atomic mass is 16.2. The fourth-order valence-corrected chi connectivity index (χ4v) is 2.02. The molecule has 2 aromatic rings. The largest absolute Gasteiger partial charge is 0.327 e. The third kappa shape index (κ3) is 1.99. The van der Waals surface area contributed by atoms with Crippen LogP contribution in [0.15, 0.2) is 29.5 Å². The Bertz CT molecular complexity index is 684. The Morgan fingerprint density at radius 2 is 2.16 bits per heavy atom. The van der Waals surface area contributed by atoms with E-state index in [4.69, 9.17) is 0 Å². The molecule has 1 aliphatic heterocycles. The first kappa shape index (κ1) is 11.5. The highest BCUT2D eigenvalue weighted by Gasteiger charge is 2.26. The zero-order valence-corrected chi connectivity index (χ0v) is 10.3. The molecule has 7 heteroatoms. The lowest BCUT2D eigenvalue weighted by Crippen LogP contribution is -2.29. The number of carbonyl (C=O) groups excluding carboxylic acids is 1. The van der Waals surface area contributed by atoms with Crippen LogP contribution in [0, 0.1) is 0 Å². The van der Waals surface area contributed by atoms with Crippen LogP contribution in [0.4, 0.5) is 0 Å². The van der Waals surface area contributed by atoms with E-state index in [0.29, 0.717) is 13.1 Å². The number of aromatic nitrogens is 4. The van der Waals surface area contributed by atoms with Crippen LogP contribution in [0.3, 0.4) is 0 Å². The maximum Gasteiger partial charge on any atom is 0.274 e. The number of amides is 1. The van der Waals surface area contributed by atoms with Gasteiger partial charge in [0.1, 0.15) is 12.0 Å². The van der Waals surface area contributed by atoms with Crippen LogP contribution in [-0.2, 0) is 20.1 Å². The van der Waals surface area contributed by atoms with Crippen LogP contribution in [0.2, 0.25) is 0 Å². The second kappa shape index (κ2) is 4.27. The summed E-state index contributed by atoms with van der Waals surface area (Å²) >= 11 is 0. The molecule has 0 saturated carbocycles. The Morgan fingerprint density at radius 3 is 2.89 bits per heavy atom. The van der Waals surface area contributed by atoms with Crippen molar-refractivity contribution in [3.05, 3.63) is 52.0 Å². The molecule has 0 bridgehead atoms. The van der Waals surface area contributed by atoms with Crippen LogP contribution in [0.25, 0.3) is 0 Å². The van der Waals surface area contributed by atoms with Gasteiger partial charge >= 0.3 is 0 Å². The van der Waals surface area contributed by atoms with E-state index in [-0.39, 0.29) is 17.2 Å². The first-order chi connectivity index (χ1) is 9.15. The molecular formula is C12H11N5O2. The monoisotopic (exact) mass is 257 g/mol. The SMILES string of the molecule is Cn1nc(C(=O)N2Cc3cncnc3C2)ccc1=O. The van der Waals surface area contributed by atoms with E-state index in [0.717, 1.165) is 15.9 Å². The predicted molar refractivity (Wildman–Crippen MR) is 65.1 cm³/mol. The van der Waals surface area contributed by atoms with Crippen molar-refractivity contribution in [2.75, 3.05) is 0 Å². The Kier molecular flexibility index (Phi) is 2.59. The lowest BCUT2D eigenvalue weighted by Gasteiger charge is -2.14. The van der Waals surface area contributed by atoms with Crippen molar-refractivity contribution in [3.8, 4) is 0 Å². The van der Waals surface area contributed by atoms with E-state index in [1.54, 1.807) is 11.1 Å². The third-order valence-corrected chi connectivity index (χ3v) is 3.05. The summed E-state index contributed by atoms with van der Waals surface area (Å²) in [7, 11) is 1.52. The summed E-state index contributed by atoms with van der Waals surface area (Å²) in [4.78, 5) is 33.2. The second-order valence-corrected chi connectivity index (χ2v) is 4.34. The molecule has 0 saturated heterocycles. The van der Waals surface area contributed by atoms with Crippen molar-refractivity contribution in [2.24, 2.45) is 7.05 Å². The van der Waals surface area contributed by atoms with Crippen LogP contribution in [0.1, 0.15) is 21.7 Å². The Morgan fingerprint density at radius 1 is 1.32 bits per heavy atom. The van der Waals surface area contributed by atoms with E-state index in [1.807, 2.05) is 0 Å². The molecule has 0 atom stereocenters. The fraction of sp³-hybridized carbons (Fsp3) is 0.250. The highest BCUT2D eigenvalue weighted by Crippen LogP contribution is 2.20. The van der Waals surface area contributed by atoms with Crippen molar-refractivity contribution >= 4 is 5.91 Å². The first-order valence-corrected chi connectivity index (χ1v) is 5.76. The number of rotatable bonds is 1. The molecular weight excluding hydrogens is 246 g/mol. The molecule has 0 radical (unpaired) electrons. The lowest BCUT2D eigenvalue weighted by atomic mass is 10.3. The van der Waals surface area contributed by atoms with Gasteiger partial charge in [-0.05, 0) is 6.07 Å². The topological polar surface area (TPSA) is 81.0 Å². The van der Waals surface area contributed by atoms with Gasteiger partial charge in [-0.1, -0.05) is 0 Å². The summed E-state index contributed by atoms with van der Waals surface area (Å²) in [5.74, 6) is -0.214. The normalized spacial score (nSPS) is 13.4. The van der Waals surface area contributed by atoms with Crippen molar-refractivity contribution in [3.63, 3.8) is 0 Å². The third-order valence-electron chi connectivity index (χ3n) is 3.05. The molecule has 0 spiro atoms. The van der Waals surface area contributed by atoms with Crippen molar-refractivity contribution in [2.45, 2.75) is 13.1 Å². The zero-order valence-electron chi connectivity index (χ0n) is 10.3. The summed E-state index contributed by atoms with van der Waals surface area (Å²) in [6.45, 7) is 0.917. The Balaban J connectivity index is 1.87. The molecule has 19 heavy (non-hydrogen) atoms. The molecule has 7 nitrogen and oxygen atoms in total. The van der Waals surface area contributed by atoms with Crippen LogP contribution >= 0.6 is 0 Å². The smallest absolute Gasteiger partial charge is 0.274 e. The molecule has 2 aromatic heterocycles. The van der Waals surface area contributed by atoms with Gasteiger partial charge in [0.15, 0.2) is 0 Å². The van der Waals surface area contributed by atoms with E-state index in [2.05, 4.69) is 15.1 Å². The molecule has 1 amide bonds. The van der Waals surface area contributed by atoms with Crippen LogP contribution < -0.4 is 5.56 Å². The minimum Gasteiger partial charge on any atom is -0.327 e. The molecule has 1 aliphatic rings. The fourth-order valence-electron chi connectivity index (χ4n) is 2.02. The van der Waals surface area contributed by atoms with Gasteiger partial charge in [-0.15, -0.1) is 0 Å². The number of fused-ring (bicyclic) bond motifs is 1. The molecule has 3 rings (SSSR count). The average Bonchev–Trinajstić information content (AvgIpc) is 2.85. The highest BCUT2D eigenvalue weighted by molar-refractivity contribution is 5.92. The van der Waals surface area contributed by atoms with Crippen LogP contribution in [-0.4, -0.2) is 30.6 Å². The van der Waals surface area contributed by atoms with Gasteiger partial charge in [0.2, 0.25) is 0 Å². The number of aryl methyl sites for hydroxylation is 1. The van der Waals surface area contributed by atoms with Gasteiger partial charge in [0.25, 0.3) is 11.5 Å². The quantitative estimate of drug-likeness (QED) is 0.702. The van der Waals surface area contributed by atoms with Gasteiger partial charge in [0, 0.05) is 31.4 Å². The van der Waals surface area contributed by atoms with E-state index >= 15 is 0 Å². The van der Waals surface area contributed by atoms with Gasteiger partial charge in [-0.25, -0.2) is 14.6 Å². The van der Waals surface area contributed by atoms with Crippen LogP contribution in [0.5, 0.6) is 0 Å². The summed E-state index contributed by atoms with van der Waals surface area (Å²) in [6, 6.07) is 2.78. The number of hydrogen-bond donors (Lipinski definition) is 0. The van der Waals surface area contributed by atoms with Gasteiger partial charge < -0.3 is 4.90 Å². The predicted octanol–water partition coefficient (Wildman–Crippen LogP) is -0.274. The lowest BCUT2D eigenvalue weighted by molar-refractivity contribution is 0.0742. The number of carbonyl (C=O) groups is 1. The maximum atomic E-state index is 12.3. The average molecular weight is 257 g/mol. The maximum absolute atomic E-state index is 12.3.